The summed E-state index contributed by atoms with van der Waals surface area (Å²) in [6.07, 6.45) is 3.40. The predicted octanol–water partition coefficient (Wildman–Crippen LogP) is 2.27. The molecule has 2 atom stereocenters. The maximum atomic E-state index is 11.6. The monoisotopic (exact) mass is 184 g/mol. The fraction of sp³-hybridized carbons (Fsp3) is 0.909. The number of hydrogen-bond donors (Lipinski definition) is 0. The number of carbonyl (C=O) groups excluding carboxylic acids is 1. The molecule has 0 amide bonds. The van der Waals surface area contributed by atoms with E-state index in [2.05, 4.69) is 13.8 Å². The maximum Gasteiger partial charge on any atom is 0.161 e. The van der Waals surface area contributed by atoms with Gasteiger partial charge in [0.15, 0.2) is 5.78 Å². The van der Waals surface area contributed by atoms with Gasteiger partial charge in [0.25, 0.3) is 0 Å². The lowest BCUT2D eigenvalue weighted by atomic mass is 9.75. The van der Waals surface area contributed by atoms with Crippen LogP contribution in [0.2, 0.25) is 0 Å². The molecule has 2 unspecified atom stereocenters. The largest absolute Gasteiger partial charge is 0.377 e. The Hall–Kier alpha value is -0.370. The van der Waals surface area contributed by atoms with E-state index in [4.69, 9.17) is 4.74 Å². The first kappa shape index (κ1) is 10.7. The molecule has 0 N–H and O–H groups in total. The Balaban J connectivity index is 2.45. The standard InChI is InChI=1S/C11H20O2/c1-8-4-9(2)6-10(5-8)11(12)7-13-3/h8-10H,4-7H2,1-3H3. The molecule has 0 aromatic carbocycles. The number of methoxy groups -OCH3 is 1. The molecule has 13 heavy (non-hydrogen) atoms. The molecular weight excluding hydrogens is 164 g/mol. The summed E-state index contributed by atoms with van der Waals surface area (Å²) in [6.45, 7) is 4.77. The van der Waals surface area contributed by atoms with Gasteiger partial charge in [-0.1, -0.05) is 13.8 Å². The Morgan fingerprint density at radius 2 is 1.77 bits per heavy atom. The lowest BCUT2D eigenvalue weighted by Crippen LogP contribution is -2.28. The van der Waals surface area contributed by atoms with Crippen LogP contribution in [0.5, 0.6) is 0 Å². The topological polar surface area (TPSA) is 26.3 Å². The second-order valence-corrected chi connectivity index (χ2v) is 4.51. The summed E-state index contributed by atoms with van der Waals surface area (Å²) in [5.74, 6) is 1.96. The van der Waals surface area contributed by atoms with Gasteiger partial charge in [0.1, 0.15) is 6.61 Å². The fourth-order valence-corrected chi connectivity index (χ4v) is 2.47. The third kappa shape index (κ3) is 3.11. The molecule has 0 aromatic heterocycles. The van der Waals surface area contributed by atoms with Crippen LogP contribution in [0.1, 0.15) is 33.1 Å². The van der Waals surface area contributed by atoms with Crippen molar-refractivity contribution in [3.8, 4) is 0 Å². The third-order valence-corrected chi connectivity index (χ3v) is 2.92. The molecule has 0 spiro atoms. The summed E-state index contributed by atoms with van der Waals surface area (Å²) in [5.41, 5.74) is 0. The molecule has 1 fully saturated rings. The number of ether oxygens (including phenoxy) is 1. The normalized spacial score (nSPS) is 34.5. The predicted molar refractivity (Wildman–Crippen MR) is 52.6 cm³/mol. The second-order valence-electron chi connectivity index (χ2n) is 4.51. The Kier molecular flexibility index (Phi) is 3.91. The van der Waals surface area contributed by atoms with Crippen LogP contribution < -0.4 is 0 Å². The van der Waals surface area contributed by atoms with E-state index in [9.17, 15) is 4.79 Å². The summed E-state index contributed by atoms with van der Waals surface area (Å²) in [7, 11) is 1.59. The van der Waals surface area contributed by atoms with Gasteiger partial charge in [0.2, 0.25) is 0 Å². The van der Waals surface area contributed by atoms with Crippen molar-refractivity contribution in [2.45, 2.75) is 33.1 Å². The van der Waals surface area contributed by atoms with Crippen LogP contribution in [0.3, 0.4) is 0 Å². The SMILES string of the molecule is COCC(=O)C1CC(C)CC(C)C1. The summed E-state index contributed by atoms with van der Waals surface area (Å²) < 4.78 is 4.88. The van der Waals surface area contributed by atoms with Crippen molar-refractivity contribution < 1.29 is 9.53 Å². The number of rotatable bonds is 3. The van der Waals surface area contributed by atoms with Crippen molar-refractivity contribution in [2.75, 3.05) is 13.7 Å². The van der Waals surface area contributed by atoms with Gasteiger partial charge in [-0.25, -0.2) is 0 Å². The molecule has 76 valence electrons. The first-order chi connectivity index (χ1) is 6.13. The zero-order valence-electron chi connectivity index (χ0n) is 8.88. The van der Waals surface area contributed by atoms with Gasteiger partial charge in [0.05, 0.1) is 0 Å². The van der Waals surface area contributed by atoms with Crippen LogP contribution in [0.15, 0.2) is 0 Å². The molecule has 0 saturated heterocycles. The second kappa shape index (κ2) is 4.75. The van der Waals surface area contributed by atoms with E-state index in [0.717, 1.165) is 12.8 Å². The summed E-state index contributed by atoms with van der Waals surface area (Å²) in [5, 5.41) is 0. The minimum atomic E-state index is 0.263. The Labute approximate surface area is 80.7 Å². The molecule has 1 rings (SSSR count). The van der Waals surface area contributed by atoms with E-state index in [1.807, 2.05) is 0 Å². The van der Waals surface area contributed by atoms with Crippen molar-refractivity contribution in [1.82, 2.24) is 0 Å². The summed E-state index contributed by atoms with van der Waals surface area (Å²) in [6, 6.07) is 0. The molecule has 0 bridgehead atoms. The van der Waals surface area contributed by atoms with Gasteiger partial charge in [0, 0.05) is 13.0 Å². The number of carbonyl (C=O) groups is 1. The molecule has 0 aromatic rings. The van der Waals surface area contributed by atoms with Gasteiger partial charge in [-0.15, -0.1) is 0 Å². The Morgan fingerprint density at radius 1 is 1.23 bits per heavy atom. The number of hydrogen-bond acceptors (Lipinski definition) is 2. The minimum Gasteiger partial charge on any atom is -0.377 e. The number of Topliss-reactive ketones (excluding diaryl/α,β-unsaturated/α-hetero) is 1. The first-order valence-electron chi connectivity index (χ1n) is 5.15. The third-order valence-electron chi connectivity index (χ3n) is 2.92. The number of ketones is 1. The lowest BCUT2D eigenvalue weighted by molar-refractivity contribution is -0.128. The van der Waals surface area contributed by atoms with Crippen molar-refractivity contribution >= 4 is 5.78 Å². The molecule has 2 nitrogen and oxygen atoms in total. The highest BCUT2D eigenvalue weighted by Crippen LogP contribution is 2.33. The molecule has 0 aliphatic heterocycles. The molecular formula is C11H20O2. The van der Waals surface area contributed by atoms with Gasteiger partial charge < -0.3 is 4.74 Å². The smallest absolute Gasteiger partial charge is 0.161 e. The molecule has 1 aliphatic rings. The van der Waals surface area contributed by atoms with Gasteiger partial charge in [-0.2, -0.15) is 0 Å². The highest BCUT2D eigenvalue weighted by molar-refractivity contribution is 5.82. The van der Waals surface area contributed by atoms with Crippen molar-refractivity contribution in [3.63, 3.8) is 0 Å². The summed E-state index contributed by atoms with van der Waals surface area (Å²) in [4.78, 5) is 11.6. The van der Waals surface area contributed by atoms with Crippen LogP contribution >= 0.6 is 0 Å². The van der Waals surface area contributed by atoms with E-state index in [0.29, 0.717) is 24.2 Å². The first-order valence-corrected chi connectivity index (χ1v) is 5.15. The van der Waals surface area contributed by atoms with E-state index in [1.165, 1.54) is 6.42 Å². The van der Waals surface area contributed by atoms with Crippen LogP contribution in [0, 0.1) is 17.8 Å². The zero-order valence-corrected chi connectivity index (χ0v) is 8.88. The lowest BCUT2D eigenvalue weighted by Gasteiger charge is -2.30. The Bertz CT molecular complexity index is 167. The van der Waals surface area contributed by atoms with Crippen molar-refractivity contribution in [3.05, 3.63) is 0 Å². The van der Waals surface area contributed by atoms with Crippen LogP contribution in [0.25, 0.3) is 0 Å². The summed E-state index contributed by atoms with van der Waals surface area (Å²) >= 11 is 0. The molecule has 2 heteroatoms. The molecule has 0 heterocycles. The zero-order chi connectivity index (χ0) is 9.84. The molecule has 1 saturated carbocycles. The van der Waals surface area contributed by atoms with Crippen molar-refractivity contribution in [1.29, 1.82) is 0 Å². The minimum absolute atomic E-state index is 0.263. The average Bonchev–Trinajstić information content (AvgIpc) is 2.03. The molecule has 1 aliphatic carbocycles. The quantitative estimate of drug-likeness (QED) is 0.672. The Morgan fingerprint density at radius 3 is 2.23 bits per heavy atom. The van der Waals surface area contributed by atoms with E-state index in [-0.39, 0.29) is 5.92 Å². The van der Waals surface area contributed by atoms with Crippen molar-refractivity contribution in [2.24, 2.45) is 17.8 Å². The molecule has 0 radical (unpaired) electrons. The average molecular weight is 184 g/mol. The fourth-order valence-electron chi connectivity index (χ4n) is 2.47. The van der Waals surface area contributed by atoms with E-state index >= 15 is 0 Å². The van der Waals surface area contributed by atoms with Crippen LogP contribution in [-0.4, -0.2) is 19.5 Å². The van der Waals surface area contributed by atoms with Crippen LogP contribution in [-0.2, 0) is 9.53 Å². The van der Waals surface area contributed by atoms with E-state index < -0.39 is 0 Å². The van der Waals surface area contributed by atoms with Crippen LogP contribution in [0.4, 0.5) is 0 Å². The van der Waals surface area contributed by atoms with Gasteiger partial charge in [-0.05, 0) is 31.1 Å². The highest BCUT2D eigenvalue weighted by atomic mass is 16.5. The van der Waals surface area contributed by atoms with Gasteiger partial charge >= 0.3 is 0 Å². The highest BCUT2D eigenvalue weighted by Gasteiger charge is 2.28. The van der Waals surface area contributed by atoms with E-state index in [1.54, 1.807) is 7.11 Å². The maximum absolute atomic E-state index is 11.6. The van der Waals surface area contributed by atoms with Gasteiger partial charge in [-0.3, -0.25) is 4.79 Å².